The van der Waals surface area contributed by atoms with Crippen LogP contribution in [-0.4, -0.2) is 29.5 Å². The fraction of sp³-hybridized carbons (Fsp3) is 0.316. The van der Waals surface area contributed by atoms with Crippen LogP contribution >= 0.6 is 15.9 Å². The van der Waals surface area contributed by atoms with Crippen LogP contribution in [0.25, 0.3) is 0 Å². The minimum absolute atomic E-state index is 0.00652. The first-order valence-corrected chi connectivity index (χ1v) is 9.02. The quantitative estimate of drug-likeness (QED) is 0.694. The lowest BCUT2D eigenvalue weighted by Crippen LogP contribution is -2.38. The molecule has 0 saturated heterocycles. The van der Waals surface area contributed by atoms with Crippen LogP contribution < -0.4 is 10.6 Å². The Morgan fingerprint density at radius 2 is 1.96 bits per heavy atom. The van der Waals surface area contributed by atoms with Crippen molar-refractivity contribution in [1.29, 1.82) is 0 Å². The van der Waals surface area contributed by atoms with Gasteiger partial charge in [-0.2, -0.15) is 0 Å². The van der Waals surface area contributed by atoms with Crippen molar-refractivity contribution in [3.8, 4) is 0 Å². The highest BCUT2D eigenvalue weighted by Gasteiger charge is 2.31. The van der Waals surface area contributed by atoms with E-state index in [9.17, 15) is 14.0 Å². The van der Waals surface area contributed by atoms with E-state index in [0.29, 0.717) is 10.2 Å². The summed E-state index contributed by atoms with van der Waals surface area (Å²) < 4.78 is 20.4. The lowest BCUT2D eigenvalue weighted by Gasteiger charge is -2.25. The Balaban J connectivity index is 2.42. The molecular weight excluding hydrogens is 417 g/mol. The summed E-state index contributed by atoms with van der Waals surface area (Å²) in [5, 5.41) is 5.43. The van der Waals surface area contributed by atoms with Gasteiger partial charge in [0.25, 0.3) is 5.91 Å². The van der Waals surface area contributed by atoms with E-state index < -0.39 is 29.3 Å². The molecule has 0 aliphatic heterocycles. The predicted molar refractivity (Wildman–Crippen MR) is 104 cm³/mol. The third kappa shape index (κ3) is 5.50. The van der Waals surface area contributed by atoms with Crippen LogP contribution in [0.3, 0.4) is 0 Å². The summed E-state index contributed by atoms with van der Waals surface area (Å²) in [6, 6.07) is 4.36. The van der Waals surface area contributed by atoms with Crippen LogP contribution in [0.4, 0.5) is 10.1 Å². The van der Waals surface area contributed by atoms with Gasteiger partial charge in [0, 0.05) is 23.3 Å². The molecule has 0 aliphatic rings. The van der Waals surface area contributed by atoms with Crippen LogP contribution in [0.2, 0.25) is 0 Å². The third-order valence-corrected chi connectivity index (χ3v) is 4.02. The number of nitrogens with one attached hydrogen (secondary N) is 2. The number of hydrogen-bond donors (Lipinski definition) is 2. The largest absolute Gasteiger partial charge is 0.458 e. The number of carbonyl (C=O) groups excluding carboxylic acids is 2. The third-order valence-electron chi connectivity index (χ3n) is 3.52. The second-order valence-electron chi connectivity index (χ2n) is 6.78. The summed E-state index contributed by atoms with van der Waals surface area (Å²) >= 11 is 3.26. The first-order chi connectivity index (χ1) is 12.6. The van der Waals surface area contributed by atoms with Gasteiger partial charge in [0.15, 0.2) is 6.04 Å². The minimum atomic E-state index is -1.31. The molecule has 0 radical (unpaired) electrons. The average molecular weight is 438 g/mol. The molecule has 6 nitrogen and oxygen atoms in total. The van der Waals surface area contributed by atoms with E-state index in [4.69, 9.17) is 4.74 Å². The number of pyridine rings is 1. The fourth-order valence-corrected chi connectivity index (χ4v) is 2.74. The topological polar surface area (TPSA) is 80.3 Å². The normalized spacial score (nSPS) is 12.2. The van der Waals surface area contributed by atoms with E-state index in [0.717, 1.165) is 0 Å². The highest BCUT2D eigenvalue weighted by atomic mass is 79.9. The Labute approximate surface area is 165 Å². The molecular formula is C19H21BrFN3O3. The van der Waals surface area contributed by atoms with Gasteiger partial charge in [-0.3, -0.25) is 9.78 Å². The second kappa shape index (κ2) is 8.47. The summed E-state index contributed by atoms with van der Waals surface area (Å²) in [5.41, 5.74) is -0.0359. The number of anilines is 1. The molecule has 1 unspecified atom stereocenters. The van der Waals surface area contributed by atoms with Gasteiger partial charge in [-0.15, -0.1) is 0 Å². The molecule has 1 amide bonds. The van der Waals surface area contributed by atoms with Gasteiger partial charge < -0.3 is 15.4 Å². The van der Waals surface area contributed by atoms with Crippen LogP contribution in [0.5, 0.6) is 0 Å². The van der Waals surface area contributed by atoms with Crippen LogP contribution in [-0.2, 0) is 9.53 Å². The molecule has 8 heteroatoms. The predicted octanol–water partition coefficient (Wildman–Crippen LogP) is 3.84. The van der Waals surface area contributed by atoms with E-state index in [2.05, 4.69) is 31.5 Å². The molecule has 2 N–H and O–H groups in total. The summed E-state index contributed by atoms with van der Waals surface area (Å²) in [6.07, 6.45) is 2.94. The Hall–Kier alpha value is -2.48. The molecule has 27 heavy (non-hydrogen) atoms. The lowest BCUT2D eigenvalue weighted by atomic mass is 10.0. The molecule has 0 aliphatic carbocycles. The molecule has 0 bridgehead atoms. The number of carbonyl (C=O) groups is 2. The lowest BCUT2D eigenvalue weighted by molar-refractivity contribution is -0.157. The summed E-state index contributed by atoms with van der Waals surface area (Å²) in [7, 11) is 1.65. The average Bonchev–Trinajstić information content (AvgIpc) is 2.60. The zero-order chi connectivity index (χ0) is 20.2. The first kappa shape index (κ1) is 20.8. The van der Waals surface area contributed by atoms with Crippen molar-refractivity contribution in [2.75, 3.05) is 12.4 Å². The smallest absolute Gasteiger partial charge is 0.333 e. The monoisotopic (exact) mass is 437 g/mol. The van der Waals surface area contributed by atoms with Crippen LogP contribution in [0.15, 0.2) is 41.1 Å². The van der Waals surface area contributed by atoms with Gasteiger partial charge in [-0.05, 0) is 45.0 Å². The molecule has 1 aromatic heterocycles. The van der Waals surface area contributed by atoms with E-state index in [1.165, 1.54) is 36.7 Å². The van der Waals surface area contributed by atoms with Crippen molar-refractivity contribution in [3.63, 3.8) is 0 Å². The maximum absolute atomic E-state index is 14.4. The fourth-order valence-electron chi connectivity index (χ4n) is 2.36. The number of benzene rings is 1. The first-order valence-electron chi connectivity index (χ1n) is 8.23. The molecule has 2 rings (SSSR count). The second-order valence-corrected chi connectivity index (χ2v) is 7.69. The molecule has 0 fully saturated rings. The van der Waals surface area contributed by atoms with Crippen LogP contribution in [0, 0.1) is 5.82 Å². The Morgan fingerprint density at radius 1 is 1.26 bits per heavy atom. The number of esters is 1. The van der Waals surface area contributed by atoms with Gasteiger partial charge >= 0.3 is 5.97 Å². The zero-order valence-corrected chi connectivity index (χ0v) is 17.1. The van der Waals surface area contributed by atoms with E-state index in [1.807, 2.05) is 0 Å². The maximum Gasteiger partial charge on any atom is 0.333 e. The number of rotatable bonds is 5. The van der Waals surface area contributed by atoms with E-state index in [1.54, 1.807) is 27.8 Å². The number of amides is 1. The minimum Gasteiger partial charge on any atom is -0.458 e. The van der Waals surface area contributed by atoms with E-state index >= 15 is 0 Å². The number of nitrogens with zero attached hydrogens (tertiary/aromatic N) is 1. The molecule has 2 aromatic rings. The SMILES string of the molecule is CNc1cnccc1C(=O)NC(C(=O)OC(C)(C)C)c1cc(Br)ccc1F. The van der Waals surface area contributed by atoms with Gasteiger partial charge in [0.05, 0.1) is 17.4 Å². The van der Waals surface area contributed by atoms with Gasteiger partial charge in [-0.25, -0.2) is 9.18 Å². The van der Waals surface area contributed by atoms with E-state index in [-0.39, 0.29) is 11.1 Å². The van der Waals surface area contributed by atoms with Crippen molar-refractivity contribution >= 4 is 33.5 Å². The number of halogens is 2. The van der Waals surface area contributed by atoms with Crippen molar-refractivity contribution in [2.45, 2.75) is 32.4 Å². The van der Waals surface area contributed by atoms with Crippen molar-refractivity contribution in [1.82, 2.24) is 10.3 Å². The zero-order valence-electron chi connectivity index (χ0n) is 15.5. The summed E-state index contributed by atoms with van der Waals surface area (Å²) in [6.45, 7) is 5.09. The van der Waals surface area contributed by atoms with Gasteiger partial charge in [0.1, 0.15) is 11.4 Å². The van der Waals surface area contributed by atoms with Crippen LogP contribution in [0.1, 0.15) is 42.7 Å². The van der Waals surface area contributed by atoms with Gasteiger partial charge in [-0.1, -0.05) is 15.9 Å². The highest BCUT2D eigenvalue weighted by molar-refractivity contribution is 9.10. The van der Waals surface area contributed by atoms with Gasteiger partial charge in [0.2, 0.25) is 0 Å². The number of hydrogen-bond acceptors (Lipinski definition) is 5. The maximum atomic E-state index is 14.4. The molecule has 0 saturated carbocycles. The van der Waals surface area contributed by atoms with Crippen molar-refractivity contribution in [3.05, 3.63) is 58.1 Å². The molecule has 144 valence electrons. The standard InChI is InChI=1S/C19H21BrFN3O3/c1-19(2,3)27-18(26)16(13-9-11(20)5-6-14(13)21)24-17(25)12-7-8-23-10-15(12)22-4/h5-10,16,22H,1-4H3,(H,24,25). The molecule has 1 atom stereocenters. The van der Waals surface area contributed by atoms with Crippen molar-refractivity contribution < 1.29 is 18.7 Å². The Bertz CT molecular complexity index is 852. The summed E-state index contributed by atoms with van der Waals surface area (Å²) in [4.78, 5) is 29.4. The summed E-state index contributed by atoms with van der Waals surface area (Å²) in [5.74, 6) is -1.94. The molecule has 1 aromatic carbocycles. The van der Waals surface area contributed by atoms with Crippen molar-refractivity contribution in [2.24, 2.45) is 0 Å². The number of aromatic nitrogens is 1. The Kier molecular flexibility index (Phi) is 6.54. The molecule has 0 spiro atoms. The molecule has 1 heterocycles. The Morgan fingerprint density at radius 3 is 2.59 bits per heavy atom. The highest BCUT2D eigenvalue weighted by Crippen LogP contribution is 2.25. The number of ether oxygens (including phenoxy) is 1.